The van der Waals surface area contributed by atoms with Crippen LogP contribution in [-0.2, 0) is 9.53 Å². The summed E-state index contributed by atoms with van der Waals surface area (Å²) in [6.45, 7) is 2.38. The fourth-order valence-electron chi connectivity index (χ4n) is 5.14. The van der Waals surface area contributed by atoms with Gasteiger partial charge in [0.1, 0.15) is 0 Å². The van der Waals surface area contributed by atoms with E-state index in [1.54, 1.807) is 7.11 Å². The van der Waals surface area contributed by atoms with Crippen molar-refractivity contribution in [1.82, 2.24) is 15.5 Å². The molecule has 4 aliphatic rings. The zero-order chi connectivity index (χ0) is 18.9. The van der Waals surface area contributed by atoms with Crippen molar-refractivity contribution in [3.63, 3.8) is 0 Å². The lowest BCUT2D eigenvalue weighted by Crippen LogP contribution is -2.55. The Kier molecular flexibility index (Phi) is 6.34. The standard InChI is InChI=1S/C20H36N4O2S/c1-26-12-20(7-8-20)22-13-27-18-11-24(9-6-15(18)21)19(25)17-10-14-4-2-3-5-16(14)23-17/h14-18,22-23H,2-13,21H2,1H3. The quantitative estimate of drug-likeness (QED) is 0.563. The molecule has 27 heavy (non-hydrogen) atoms. The lowest BCUT2D eigenvalue weighted by Gasteiger charge is -2.38. The third-order valence-electron chi connectivity index (χ3n) is 7.10. The number of carbonyl (C=O) groups is 1. The van der Waals surface area contributed by atoms with E-state index in [9.17, 15) is 4.79 Å². The third kappa shape index (κ3) is 4.64. The van der Waals surface area contributed by atoms with Crippen LogP contribution in [-0.4, -0.2) is 72.4 Å². The molecule has 7 heteroatoms. The van der Waals surface area contributed by atoms with Gasteiger partial charge in [0.2, 0.25) is 5.91 Å². The minimum absolute atomic E-state index is 0.0348. The van der Waals surface area contributed by atoms with Crippen molar-refractivity contribution in [1.29, 1.82) is 0 Å². The summed E-state index contributed by atoms with van der Waals surface area (Å²) in [6.07, 6.45) is 9.50. The first-order valence-corrected chi connectivity index (χ1v) is 11.8. The number of hydrogen-bond acceptors (Lipinski definition) is 6. The molecule has 4 N–H and O–H groups in total. The highest BCUT2D eigenvalue weighted by Crippen LogP contribution is 2.37. The number of fused-ring (bicyclic) bond motifs is 1. The number of amides is 1. The number of likely N-dealkylation sites (tertiary alicyclic amines) is 1. The summed E-state index contributed by atoms with van der Waals surface area (Å²) in [6, 6.07) is 0.787. The summed E-state index contributed by atoms with van der Waals surface area (Å²) in [4.78, 5) is 15.2. The van der Waals surface area contributed by atoms with Gasteiger partial charge in [-0.15, -0.1) is 11.8 Å². The summed E-state index contributed by atoms with van der Waals surface area (Å²) in [5.41, 5.74) is 6.58. The molecule has 5 unspecified atom stereocenters. The van der Waals surface area contributed by atoms with Crippen LogP contribution in [0.15, 0.2) is 0 Å². The Bertz CT molecular complexity index is 516. The fourth-order valence-corrected chi connectivity index (χ4v) is 6.42. The van der Waals surface area contributed by atoms with Gasteiger partial charge in [0.25, 0.3) is 0 Å². The van der Waals surface area contributed by atoms with Gasteiger partial charge in [-0.25, -0.2) is 0 Å². The Labute approximate surface area is 167 Å². The first-order chi connectivity index (χ1) is 13.1. The lowest BCUT2D eigenvalue weighted by molar-refractivity contribution is -0.134. The highest BCUT2D eigenvalue weighted by molar-refractivity contribution is 7.99. The summed E-state index contributed by atoms with van der Waals surface area (Å²) in [7, 11) is 1.77. The van der Waals surface area contributed by atoms with Gasteiger partial charge >= 0.3 is 0 Å². The topological polar surface area (TPSA) is 79.6 Å². The molecule has 0 spiro atoms. The maximum atomic E-state index is 13.1. The van der Waals surface area contributed by atoms with Crippen LogP contribution in [0.1, 0.15) is 51.4 Å². The Morgan fingerprint density at radius 3 is 2.89 bits per heavy atom. The molecule has 6 nitrogen and oxygen atoms in total. The summed E-state index contributed by atoms with van der Waals surface area (Å²) in [5, 5.41) is 7.60. The molecule has 0 aromatic rings. The Morgan fingerprint density at radius 1 is 1.33 bits per heavy atom. The van der Waals surface area contributed by atoms with Crippen LogP contribution in [0, 0.1) is 5.92 Å². The van der Waals surface area contributed by atoms with E-state index in [1.807, 2.05) is 11.8 Å². The molecule has 1 amide bonds. The van der Waals surface area contributed by atoms with Crippen molar-refractivity contribution in [2.75, 3.05) is 32.7 Å². The van der Waals surface area contributed by atoms with Gasteiger partial charge in [-0.1, -0.05) is 12.8 Å². The van der Waals surface area contributed by atoms with Crippen LogP contribution in [0.25, 0.3) is 0 Å². The Morgan fingerprint density at radius 2 is 2.15 bits per heavy atom. The van der Waals surface area contributed by atoms with Crippen LogP contribution in [0.3, 0.4) is 0 Å². The molecule has 4 fully saturated rings. The predicted molar refractivity (Wildman–Crippen MR) is 110 cm³/mol. The number of ether oxygens (including phenoxy) is 1. The fraction of sp³-hybridized carbons (Fsp3) is 0.950. The average molecular weight is 397 g/mol. The number of carbonyl (C=O) groups excluding carboxylic acids is 1. The van der Waals surface area contributed by atoms with E-state index < -0.39 is 0 Å². The molecule has 2 saturated carbocycles. The van der Waals surface area contributed by atoms with E-state index in [1.165, 1.54) is 38.5 Å². The van der Waals surface area contributed by atoms with E-state index in [0.717, 1.165) is 38.4 Å². The number of rotatable bonds is 7. The van der Waals surface area contributed by atoms with E-state index in [4.69, 9.17) is 10.5 Å². The van der Waals surface area contributed by atoms with Crippen LogP contribution in [0.2, 0.25) is 0 Å². The zero-order valence-corrected chi connectivity index (χ0v) is 17.4. The minimum atomic E-state index is 0.0348. The first-order valence-electron chi connectivity index (χ1n) is 10.8. The molecule has 0 aromatic heterocycles. The lowest BCUT2D eigenvalue weighted by atomic mass is 9.85. The van der Waals surface area contributed by atoms with Gasteiger partial charge in [0.15, 0.2) is 0 Å². The van der Waals surface area contributed by atoms with Gasteiger partial charge < -0.3 is 26.0 Å². The van der Waals surface area contributed by atoms with Crippen molar-refractivity contribution in [3.05, 3.63) is 0 Å². The van der Waals surface area contributed by atoms with Crippen LogP contribution in [0.5, 0.6) is 0 Å². The average Bonchev–Trinajstić information content (AvgIpc) is 3.29. The molecule has 154 valence electrons. The van der Waals surface area contributed by atoms with Crippen LogP contribution in [0.4, 0.5) is 0 Å². The highest BCUT2D eigenvalue weighted by atomic mass is 32.2. The van der Waals surface area contributed by atoms with E-state index in [-0.39, 0.29) is 17.6 Å². The summed E-state index contributed by atoms with van der Waals surface area (Å²) >= 11 is 1.88. The molecule has 0 aromatic carbocycles. The van der Waals surface area contributed by atoms with Crippen LogP contribution >= 0.6 is 11.8 Å². The van der Waals surface area contributed by atoms with Crippen molar-refractivity contribution in [2.45, 2.75) is 80.3 Å². The third-order valence-corrected chi connectivity index (χ3v) is 8.34. The monoisotopic (exact) mass is 396 g/mol. The SMILES string of the molecule is COCC1(NCSC2CN(C(=O)C3CC4CCCCC4N3)CCC2N)CC1. The number of piperidine rings is 1. The van der Waals surface area contributed by atoms with Gasteiger partial charge in [0.05, 0.1) is 12.6 Å². The first kappa shape index (κ1) is 20.0. The van der Waals surface area contributed by atoms with Crippen molar-refractivity contribution in [2.24, 2.45) is 11.7 Å². The molecule has 0 bridgehead atoms. The molecule has 0 radical (unpaired) electrons. The molecular weight excluding hydrogens is 360 g/mol. The number of thioether (sulfide) groups is 1. The molecule has 2 heterocycles. The summed E-state index contributed by atoms with van der Waals surface area (Å²) < 4.78 is 5.32. The molecule has 4 rings (SSSR count). The second-order valence-corrected chi connectivity index (χ2v) is 10.3. The Balaban J connectivity index is 1.26. The van der Waals surface area contributed by atoms with Crippen LogP contribution < -0.4 is 16.4 Å². The zero-order valence-electron chi connectivity index (χ0n) is 16.6. The van der Waals surface area contributed by atoms with Gasteiger partial charge in [-0.05, 0) is 44.4 Å². The Hall–Kier alpha value is -0.340. The maximum absolute atomic E-state index is 13.1. The van der Waals surface area contributed by atoms with Gasteiger partial charge in [-0.3, -0.25) is 4.79 Å². The van der Waals surface area contributed by atoms with Gasteiger partial charge in [-0.2, -0.15) is 0 Å². The number of hydrogen-bond donors (Lipinski definition) is 3. The molecule has 2 aliphatic carbocycles. The minimum Gasteiger partial charge on any atom is -0.383 e. The van der Waals surface area contributed by atoms with E-state index in [2.05, 4.69) is 15.5 Å². The summed E-state index contributed by atoms with van der Waals surface area (Å²) in [5.74, 6) is 1.91. The second kappa shape index (κ2) is 8.57. The normalized spacial score (nSPS) is 37.9. The molecule has 2 saturated heterocycles. The predicted octanol–water partition coefficient (Wildman–Crippen LogP) is 1.29. The second-order valence-electron chi connectivity index (χ2n) is 9.08. The number of nitrogens with two attached hydrogens (primary N) is 1. The molecule has 5 atom stereocenters. The van der Waals surface area contributed by atoms with Gasteiger partial charge in [0, 0.05) is 48.9 Å². The number of nitrogens with one attached hydrogen (secondary N) is 2. The van der Waals surface area contributed by atoms with E-state index in [0.29, 0.717) is 23.1 Å². The number of methoxy groups -OCH3 is 1. The highest BCUT2D eigenvalue weighted by Gasteiger charge is 2.43. The van der Waals surface area contributed by atoms with Crippen molar-refractivity contribution in [3.8, 4) is 0 Å². The molecular formula is C20H36N4O2S. The number of nitrogens with zero attached hydrogens (tertiary/aromatic N) is 1. The largest absolute Gasteiger partial charge is 0.383 e. The smallest absolute Gasteiger partial charge is 0.239 e. The van der Waals surface area contributed by atoms with E-state index >= 15 is 0 Å². The molecule has 2 aliphatic heterocycles. The maximum Gasteiger partial charge on any atom is 0.239 e. The van der Waals surface area contributed by atoms with Crippen molar-refractivity contribution < 1.29 is 9.53 Å². The van der Waals surface area contributed by atoms with Crippen molar-refractivity contribution >= 4 is 17.7 Å².